The van der Waals surface area contributed by atoms with E-state index in [1.807, 2.05) is 16.5 Å². The number of benzene rings is 1. The molecule has 1 aromatic rings. The molecule has 3 radical (unpaired) electrons. The summed E-state index contributed by atoms with van der Waals surface area (Å²) in [7, 11) is -4.90. The molecule has 0 aliphatic carbocycles. The van der Waals surface area contributed by atoms with Crippen LogP contribution in [0, 0.1) is 0 Å². The molecule has 1 rings (SSSR count). The molecule has 0 bridgehead atoms. The van der Waals surface area contributed by atoms with Crippen molar-refractivity contribution in [2.75, 3.05) is 0 Å². The molecule has 0 atom stereocenters. The van der Waals surface area contributed by atoms with Gasteiger partial charge in [0.25, 0.3) is 0 Å². The van der Waals surface area contributed by atoms with Crippen LogP contribution in [-0.2, 0) is 0 Å². The van der Waals surface area contributed by atoms with Crippen LogP contribution in [0.25, 0.3) is 4.41 Å². The Balaban J connectivity index is 4.93. The van der Waals surface area contributed by atoms with E-state index in [1.54, 1.807) is 4.41 Å². The van der Waals surface area contributed by atoms with Crippen LogP contribution in [-0.4, -0.2) is 54.5 Å². The third kappa shape index (κ3) is 6.61. The van der Waals surface area contributed by atoms with Gasteiger partial charge in [0.15, 0.2) is 0 Å². The topological polar surface area (TPSA) is 0 Å². The van der Waals surface area contributed by atoms with Gasteiger partial charge in [-0.05, 0) is 0 Å². The Morgan fingerprint density at radius 2 is 0.829 bits per heavy atom. The van der Waals surface area contributed by atoms with Gasteiger partial charge in [-0.2, -0.15) is 0 Å². The molecule has 0 spiro atoms. The van der Waals surface area contributed by atoms with E-state index in [1.165, 1.54) is 5.56 Å². The van der Waals surface area contributed by atoms with Crippen molar-refractivity contribution >= 4 is 58.9 Å². The van der Waals surface area contributed by atoms with Crippen LogP contribution in [0.4, 0.5) is 0 Å². The van der Waals surface area contributed by atoms with Crippen molar-refractivity contribution in [3.8, 4) is 0 Å². The second-order valence-electron chi connectivity index (χ2n) is 19.8. The van der Waals surface area contributed by atoms with Gasteiger partial charge >= 0.3 is 275 Å². The predicted octanol–water partition coefficient (Wildman–Crippen LogP) is 11.8. The minimum absolute atomic E-state index is 0.292. The zero-order valence-corrected chi connectivity index (χ0v) is 39.0. The van der Waals surface area contributed by atoms with E-state index in [4.69, 9.17) is 0 Å². The number of hydrogen-bond donors (Lipinski definition) is 0. The molecule has 0 nitrogen and oxygen atoms in total. The Morgan fingerprint density at radius 3 is 1.07 bits per heavy atom. The first kappa shape index (κ1) is 39.6. The molecule has 0 aliphatic heterocycles. The van der Waals surface area contributed by atoms with Gasteiger partial charge in [0.2, 0.25) is 0 Å². The van der Waals surface area contributed by atoms with Crippen LogP contribution in [0.1, 0.15) is 130 Å². The van der Waals surface area contributed by atoms with Crippen LogP contribution in [0.5, 0.6) is 0 Å². The summed E-state index contributed by atoms with van der Waals surface area (Å²) in [4.78, 5) is 0. The average molecular weight is 704 g/mol. The first-order valence-corrected chi connectivity index (χ1v) is 31.8. The molecule has 0 N–H and O–H groups in total. The maximum absolute atomic E-state index is 3.16. The van der Waals surface area contributed by atoms with Gasteiger partial charge in [-0.15, -0.1) is 0 Å². The summed E-state index contributed by atoms with van der Waals surface area (Å²) < 4.78 is 1.62. The number of hydrogen-bond acceptors (Lipinski definition) is 0. The quantitative estimate of drug-likeness (QED) is 0.259. The fourth-order valence-electron chi connectivity index (χ4n) is 8.53. The molecule has 0 saturated heterocycles. The predicted molar refractivity (Wildman–Crippen MR) is 206 cm³/mol. The second-order valence-corrected chi connectivity index (χ2v) is 62.6. The fraction of sp³-hybridized carbons (Fsp3) is 0.771. The van der Waals surface area contributed by atoms with Crippen molar-refractivity contribution in [2.45, 2.75) is 174 Å². The average Bonchev–Trinajstić information content (AvgIpc) is 2.73. The SMILES string of the molecule is CC(C)(C)[Si](C)([Si-][Si](/C=[C](\[GeH])c1ccccc1)([Si](C)(C(C)(C)C)C(C)(C)C)[Si](C)(C(C)(C)C)C(C)(C)C)C(C)(C)C. The van der Waals surface area contributed by atoms with Crippen molar-refractivity contribution in [1.82, 2.24) is 0 Å². The molecule has 41 heavy (non-hydrogen) atoms. The molecule has 0 amide bonds. The molecule has 1 aromatic carbocycles. The van der Waals surface area contributed by atoms with Crippen LogP contribution in [0.2, 0.25) is 49.9 Å². The first-order chi connectivity index (χ1) is 17.7. The van der Waals surface area contributed by atoms with Crippen LogP contribution in [0.15, 0.2) is 36.0 Å². The Morgan fingerprint density at radius 1 is 0.537 bits per heavy atom. The Labute approximate surface area is 273 Å². The zero-order valence-electron chi connectivity index (χ0n) is 31.5. The molecule has 0 heterocycles. The molecular weight excluding hydrogens is 633 g/mol. The molecular formula is C35H70GeSi5-. The van der Waals surface area contributed by atoms with Crippen molar-refractivity contribution in [2.24, 2.45) is 0 Å². The summed E-state index contributed by atoms with van der Waals surface area (Å²) in [6, 6.07) is 11.5. The molecule has 0 saturated carbocycles. The normalized spacial score (nSPS) is 16.3. The van der Waals surface area contributed by atoms with Gasteiger partial charge in [0, 0.05) is 0 Å². The summed E-state index contributed by atoms with van der Waals surface area (Å²) in [5.41, 5.74) is 4.62. The zero-order chi connectivity index (χ0) is 33.1. The van der Waals surface area contributed by atoms with Crippen LogP contribution >= 0.6 is 0 Å². The molecule has 0 aliphatic rings. The summed E-state index contributed by atoms with van der Waals surface area (Å²) in [6.45, 7) is 54.2. The molecule has 0 fully saturated rings. The van der Waals surface area contributed by atoms with Crippen molar-refractivity contribution in [3.05, 3.63) is 41.6 Å². The van der Waals surface area contributed by atoms with Crippen molar-refractivity contribution in [1.29, 1.82) is 0 Å². The van der Waals surface area contributed by atoms with Gasteiger partial charge in [0.05, 0.1) is 0 Å². The molecule has 0 unspecified atom stereocenters. The van der Waals surface area contributed by atoms with Crippen LogP contribution < -0.4 is 0 Å². The molecule has 6 heteroatoms. The van der Waals surface area contributed by atoms with Crippen molar-refractivity contribution < 1.29 is 0 Å². The first-order valence-electron chi connectivity index (χ1n) is 16.0. The van der Waals surface area contributed by atoms with Gasteiger partial charge in [-0.25, -0.2) is 0 Å². The monoisotopic (exact) mass is 704 g/mol. The van der Waals surface area contributed by atoms with E-state index in [0.29, 0.717) is 30.2 Å². The number of rotatable bonds is 6. The standard InChI is InChI=1S/C35H70GeSi5/c1-30(2,3)38(19,31(4,5)6)37-41(27-29(36)28-25-23-22-24-26-28,39(20,32(7,8)9)33(10,11)12)40(21,34(13,14)15)35(16,17)18/h22-27,36H,1-21H3/q-1/b29-27-. The minimum atomic E-state index is -2.22. The van der Waals surface area contributed by atoms with E-state index >= 15 is 0 Å². The van der Waals surface area contributed by atoms with Crippen LogP contribution in [0.3, 0.4) is 0 Å². The maximum atomic E-state index is 3.16. The second kappa shape index (κ2) is 11.7. The van der Waals surface area contributed by atoms with Crippen molar-refractivity contribution in [3.63, 3.8) is 0 Å². The fourth-order valence-corrected chi connectivity index (χ4v) is 138. The summed E-state index contributed by atoms with van der Waals surface area (Å²) in [5, 5.41) is 1.83. The van der Waals surface area contributed by atoms with E-state index in [2.05, 4.69) is 180 Å². The van der Waals surface area contributed by atoms with E-state index in [-0.39, 0.29) is 0 Å². The summed E-state index contributed by atoms with van der Waals surface area (Å²) in [6.07, 6.45) is 0. The van der Waals surface area contributed by atoms with E-state index < -0.39 is 29.4 Å². The Bertz CT molecular complexity index is 982. The molecule has 0 aromatic heterocycles. The third-order valence-corrected chi connectivity index (χ3v) is 96.8. The summed E-state index contributed by atoms with van der Waals surface area (Å²) >= 11 is 1.86. The van der Waals surface area contributed by atoms with Gasteiger partial charge in [0.1, 0.15) is 0 Å². The van der Waals surface area contributed by atoms with Gasteiger partial charge < -0.3 is 0 Å². The van der Waals surface area contributed by atoms with E-state index in [9.17, 15) is 0 Å². The Hall–Kier alpha value is 0.587. The Kier molecular flexibility index (Phi) is 11.3. The van der Waals surface area contributed by atoms with Gasteiger partial charge in [-0.1, -0.05) is 0 Å². The third-order valence-electron chi connectivity index (χ3n) is 12.5. The molecule has 235 valence electrons. The summed E-state index contributed by atoms with van der Waals surface area (Å²) in [5.74, 6) is 0. The van der Waals surface area contributed by atoms with Gasteiger partial charge in [-0.3, -0.25) is 0 Å². The van der Waals surface area contributed by atoms with E-state index in [0.717, 1.165) is 8.55 Å².